The number of nitrogens with zero attached hydrogens (tertiary/aromatic N) is 3. The molecule has 0 radical (unpaired) electrons. The van der Waals surface area contributed by atoms with Gasteiger partial charge in [0.15, 0.2) is 11.5 Å². The fourth-order valence-corrected chi connectivity index (χ4v) is 2.62. The lowest BCUT2D eigenvalue weighted by molar-refractivity contribution is 0.0696. The molecule has 0 aliphatic rings. The van der Waals surface area contributed by atoms with E-state index in [2.05, 4.69) is 32.8 Å². The number of hydrogen-bond acceptors (Lipinski definition) is 3. The summed E-state index contributed by atoms with van der Waals surface area (Å²) in [5.41, 5.74) is 2.93. The zero-order valence-electron chi connectivity index (χ0n) is 10.5. The van der Waals surface area contributed by atoms with Gasteiger partial charge in [-0.3, -0.25) is 4.40 Å². The van der Waals surface area contributed by atoms with Crippen LogP contribution in [0.2, 0.25) is 0 Å². The summed E-state index contributed by atoms with van der Waals surface area (Å²) in [6.45, 7) is 2.02. The zero-order valence-corrected chi connectivity index (χ0v) is 12.7. The Labute approximate surface area is 128 Å². The average Bonchev–Trinajstić information content (AvgIpc) is 2.84. The van der Waals surface area contributed by atoms with Crippen molar-refractivity contribution in [3.05, 3.63) is 51.2 Å². The van der Waals surface area contributed by atoms with Gasteiger partial charge in [-0.2, -0.15) is 0 Å². The van der Waals surface area contributed by atoms with E-state index in [-0.39, 0.29) is 5.56 Å². The zero-order chi connectivity index (χ0) is 14.3. The molecule has 2 aromatic heterocycles. The smallest absolute Gasteiger partial charge is 0.337 e. The molecule has 1 N–H and O–H groups in total. The molecular formula is C14H10IN3O2. The predicted octanol–water partition coefficient (Wildman–Crippen LogP) is 3.01. The van der Waals surface area contributed by atoms with E-state index in [4.69, 9.17) is 5.11 Å². The first kappa shape index (κ1) is 13.0. The van der Waals surface area contributed by atoms with Crippen molar-refractivity contribution in [2.75, 3.05) is 0 Å². The lowest BCUT2D eigenvalue weighted by Gasteiger charge is -2.06. The van der Waals surface area contributed by atoms with Crippen molar-refractivity contribution in [3.63, 3.8) is 0 Å². The minimum Gasteiger partial charge on any atom is -0.478 e. The number of carbonyl (C=O) groups is 1. The quantitative estimate of drug-likeness (QED) is 0.696. The molecule has 3 aromatic rings. The number of aromatic carboxylic acids is 1. The monoisotopic (exact) mass is 379 g/mol. The van der Waals surface area contributed by atoms with E-state index < -0.39 is 5.97 Å². The third-order valence-corrected chi connectivity index (χ3v) is 4.51. The molecule has 5 nitrogen and oxygen atoms in total. The minimum atomic E-state index is -0.967. The Morgan fingerprint density at radius 3 is 2.80 bits per heavy atom. The molecule has 20 heavy (non-hydrogen) atoms. The minimum absolute atomic E-state index is 0.209. The summed E-state index contributed by atoms with van der Waals surface area (Å²) in [6, 6.07) is 9.12. The van der Waals surface area contributed by atoms with Crippen LogP contribution in [0, 0.1) is 10.5 Å². The number of halogens is 1. The predicted molar refractivity (Wildman–Crippen MR) is 82.8 cm³/mol. The molecule has 0 aliphatic carbocycles. The van der Waals surface area contributed by atoms with Crippen LogP contribution in [0.4, 0.5) is 0 Å². The summed E-state index contributed by atoms with van der Waals surface area (Å²) < 4.78 is 2.79. The summed E-state index contributed by atoms with van der Waals surface area (Å²) in [5, 5.41) is 17.4. The second kappa shape index (κ2) is 4.86. The third kappa shape index (κ3) is 2.05. The Bertz CT molecular complexity index is 826. The Hall–Kier alpha value is -1.96. The van der Waals surface area contributed by atoms with Crippen LogP contribution >= 0.6 is 22.6 Å². The standard InChI is InChI=1S/C14H10IN3O2/c1-8-3-2-4-10(12(8)15)13-17-16-11-6-5-9(14(19)20)7-18(11)13/h2-7H,1H3,(H,19,20). The summed E-state index contributed by atoms with van der Waals surface area (Å²) in [4.78, 5) is 11.1. The van der Waals surface area contributed by atoms with Gasteiger partial charge in [-0.15, -0.1) is 10.2 Å². The van der Waals surface area contributed by atoms with Crippen LogP contribution < -0.4 is 0 Å². The number of aromatic nitrogens is 3. The summed E-state index contributed by atoms with van der Waals surface area (Å²) in [5.74, 6) is -0.318. The number of fused-ring (bicyclic) bond motifs is 1. The number of aryl methyl sites for hydroxylation is 1. The number of carboxylic acids is 1. The molecule has 0 saturated heterocycles. The highest BCUT2D eigenvalue weighted by molar-refractivity contribution is 14.1. The van der Waals surface area contributed by atoms with E-state index in [1.165, 1.54) is 6.07 Å². The van der Waals surface area contributed by atoms with Crippen LogP contribution in [0.25, 0.3) is 17.0 Å². The molecule has 0 spiro atoms. The van der Waals surface area contributed by atoms with E-state index in [1.807, 2.05) is 25.1 Å². The molecule has 0 fully saturated rings. The number of carboxylic acid groups (broad SMARTS) is 1. The number of rotatable bonds is 2. The van der Waals surface area contributed by atoms with E-state index >= 15 is 0 Å². The maximum Gasteiger partial charge on any atom is 0.337 e. The van der Waals surface area contributed by atoms with Crippen molar-refractivity contribution >= 4 is 34.2 Å². The van der Waals surface area contributed by atoms with Crippen molar-refractivity contribution in [2.24, 2.45) is 0 Å². The first-order valence-electron chi connectivity index (χ1n) is 5.91. The number of benzene rings is 1. The number of hydrogen-bond donors (Lipinski definition) is 1. The van der Waals surface area contributed by atoms with Crippen molar-refractivity contribution in [2.45, 2.75) is 6.92 Å². The topological polar surface area (TPSA) is 67.5 Å². The molecule has 0 bridgehead atoms. The molecule has 0 amide bonds. The number of pyridine rings is 1. The van der Waals surface area contributed by atoms with Crippen LogP contribution in [0.1, 0.15) is 15.9 Å². The fraction of sp³-hybridized carbons (Fsp3) is 0.0714. The van der Waals surface area contributed by atoms with Gasteiger partial charge >= 0.3 is 5.97 Å². The summed E-state index contributed by atoms with van der Waals surface area (Å²) in [6.07, 6.45) is 1.55. The SMILES string of the molecule is Cc1cccc(-c2nnc3ccc(C(=O)O)cn23)c1I. The Balaban J connectivity index is 2.28. The second-order valence-corrected chi connectivity index (χ2v) is 5.49. The van der Waals surface area contributed by atoms with Crippen LogP contribution in [0.5, 0.6) is 0 Å². The maximum absolute atomic E-state index is 11.1. The first-order valence-corrected chi connectivity index (χ1v) is 6.99. The fourth-order valence-electron chi connectivity index (χ4n) is 2.02. The van der Waals surface area contributed by atoms with Crippen LogP contribution in [0.15, 0.2) is 36.5 Å². The van der Waals surface area contributed by atoms with E-state index in [1.54, 1.807) is 16.7 Å². The van der Waals surface area contributed by atoms with Gasteiger partial charge < -0.3 is 5.11 Å². The van der Waals surface area contributed by atoms with Gasteiger partial charge in [-0.25, -0.2) is 4.79 Å². The van der Waals surface area contributed by atoms with Crippen LogP contribution in [-0.2, 0) is 0 Å². The highest BCUT2D eigenvalue weighted by Gasteiger charge is 2.13. The van der Waals surface area contributed by atoms with Crippen molar-refractivity contribution < 1.29 is 9.90 Å². The molecule has 1 aromatic carbocycles. The van der Waals surface area contributed by atoms with Crippen molar-refractivity contribution in [1.82, 2.24) is 14.6 Å². The molecule has 2 heterocycles. The molecule has 0 unspecified atom stereocenters. The second-order valence-electron chi connectivity index (χ2n) is 4.41. The van der Waals surface area contributed by atoms with Gasteiger partial charge in [-0.1, -0.05) is 18.2 Å². The average molecular weight is 379 g/mol. The maximum atomic E-state index is 11.1. The third-order valence-electron chi connectivity index (χ3n) is 3.08. The Morgan fingerprint density at radius 1 is 1.25 bits per heavy atom. The van der Waals surface area contributed by atoms with Gasteiger partial charge in [0.05, 0.1) is 5.56 Å². The molecule has 0 atom stereocenters. The van der Waals surface area contributed by atoms with Gasteiger partial charge in [0.2, 0.25) is 0 Å². The molecule has 0 saturated carbocycles. The first-order chi connectivity index (χ1) is 9.58. The molecule has 3 rings (SSSR count). The molecule has 100 valence electrons. The van der Waals surface area contributed by atoms with Gasteiger partial charge in [-0.05, 0) is 47.2 Å². The van der Waals surface area contributed by atoms with Crippen molar-refractivity contribution in [1.29, 1.82) is 0 Å². The normalized spacial score (nSPS) is 10.9. The van der Waals surface area contributed by atoms with Gasteiger partial charge in [0.25, 0.3) is 0 Å². The highest BCUT2D eigenvalue weighted by atomic mass is 127. The van der Waals surface area contributed by atoms with Crippen LogP contribution in [-0.4, -0.2) is 25.7 Å². The van der Waals surface area contributed by atoms with Gasteiger partial charge in [0.1, 0.15) is 0 Å². The molecular weight excluding hydrogens is 369 g/mol. The molecule has 0 aliphatic heterocycles. The van der Waals surface area contributed by atoms with E-state index in [9.17, 15) is 4.79 Å². The Kier molecular flexibility index (Phi) is 3.17. The lowest BCUT2D eigenvalue weighted by Crippen LogP contribution is -2.00. The largest absolute Gasteiger partial charge is 0.478 e. The summed E-state index contributed by atoms with van der Waals surface area (Å²) >= 11 is 2.26. The van der Waals surface area contributed by atoms with Gasteiger partial charge in [0, 0.05) is 15.3 Å². The highest BCUT2D eigenvalue weighted by Crippen LogP contribution is 2.26. The van der Waals surface area contributed by atoms with E-state index in [0.29, 0.717) is 11.5 Å². The summed E-state index contributed by atoms with van der Waals surface area (Å²) in [7, 11) is 0. The van der Waals surface area contributed by atoms with Crippen molar-refractivity contribution in [3.8, 4) is 11.4 Å². The van der Waals surface area contributed by atoms with Crippen LogP contribution in [0.3, 0.4) is 0 Å². The van der Waals surface area contributed by atoms with E-state index in [0.717, 1.165) is 14.7 Å². The lowest BCUT2D eigenvalue weighted by atomic mass is 10.1. The Morgan fingerprint density at radius 2 is 2.05 bits per heavy atom. The molecule has 6 heteroatoms.